The van der Waals surface area contributed by atoms with Gasteiger partial charge in [0.05, 0.1) is 6.61 Å². The standard InChI is InChI=1S/C31H30F4O/c1-3-5-19-36-27-18-17-26(30(34)31(27)35)23-13-11-22(12-14-23)25-16-15-24(28(32)29(25)33)21-9-7-20(6-4-2)8-10-21/h3,9,11-18,20H,1,4-8,10,19H2,2H3. The van der Waals surface area contributed by atoms with Crippen molar-refractivity contribution in [2.45, 2.75) is 45.4 Å². The Morgan fingerprint density at radius 1 is 0.833 bits per heavy atom. The van der Waals surface area contributed by atoms with Crippen molar-refractivity contribution in [2.75, 3.05) is 6.61 Å². The molecule has 0 saturated heterocycles. The minimum absolute atomic E-state index is 0.0581. The maximum Gasteiger partial charge on any atom is 0.201 e. The Kier molecular flexibility index (Phi) is 8.29. The fourth-order valence-electron chi connectivity index (χ4n) is 4.77. The van der Waals surface area contributed by atoms with Gasteiger partial charge in [-0.15, -0.1) is 6.58 Å². The van der Waals surface area contributed by atoms with Crippen LogP contribution in [0.2, 0.25) is 0 Å². The molecule has 0 aromatic heterocycles. The van der Waals surface area contributed by atoms with Crippen molar-refractivity contribution in [3.8, 4) is 28.0 Å². The van der Waals surface area contributed by atoms with Gasteiger partial charge in [-0.2, -0.15) is 4.39 Å². The molecule has 0 N–H and O–H groups in total. The maximum atomic E-state index is 15.1. The second-order valence-corrected chi connectivity index (χ2v) is 9.19. The van der Waals surface area contributed by atoms with Gasteiger partial charge in [-0.25, -0.2) is 13.2 Å². The van der Waals surface area contributed by atoms with Crippen LogP contribution in [0.3, 0.4) is 0 Å². The average Bonchev–Trinajstić information content (AvgIpc) is 2.89. The monoisotopic (exact) mass is 494 g/mol. The predicted molar refractivity (Wildman–Crippen MR) is 138 cm³/mol. The zero-order chi connectivity index (χ0) is 25.7. The summed E-state index contributed by atoms with van der Waals surface area (Å²) < 4.78 is 64.5. The Labute approximate surface area is 210 Å². The van der Waals surface area contributed by atoms with E-state index >= 15 is 8.78 Å². The lowest BCUT2D eigenvalue weighted by molar-refractivity contribution is 0.302. The lowest BCUT2D eigenvalue weighted by atomic mass is 9.84. The molecule has 0 heterocycles. The Hall–Kier alpha value is -3.34. The summed E-state index contributed by atoms with van der Waals surface area (Å²) >= 11 is 0. The molecule has 1 aliphatic rings. The molecule has 36 heavy (non-hydrogen) atoms. The van der Waals surface area contributed by atoms with E-state index in [-0.39, 0.29) is 23.5 Å². The molecule has 0 fully saturated rings. The van der Waals surface area contributed by atoms with E-state index in [0.717, 1.165) is 37.7 Å². The number of hydrogen-bond acceptors (Lipinski definition) is 1. The Morgan fingerprint density at radius 3 is 2.00 bits per heavy atom. The second-order valence-electron chi connectivity index (χ2n) is 9.19. The molecule has 0 bridgehead atoms. The lowest BCUT2D eigenvalue weighted by Crippen LogP contribution is -2.06. The van der Waals surface area contributed by atoms with Crippen molar-refractivity contribution in [3.63, 3.8) is 0 Å². The number of ether oxygens (including phenoxy) is 1. The molecule has 1 aliphatic carbocycles. The van der Waals surface area contributed by atoms with E-state index < -0.39 is 23.3 Å². The normalized spacial score (nSPS) is 15.5. The van der Waals surface area contributed by atoms with Gasteiger partial charge in [0, 0.05) is 16.7 Å². The van der Waals surface area contributed by atoms with Gasteiger partial charge in [-0.05, 0) is 60.4 Å². The zero-order valence-corrected chi connectivity index (χ0v) is 20.4. The van der Waals surface area contributed by atoms with Crippen LogP contribution in [0.15, 0.2) is 67.3 Å². The summed E-state index contributed by atoms with van der Waals surface area (Å²) in [5.41, 5.74) is 2.22. The number of hydrogen-bond donors (Lipinski definition) is 0. The third-order valence-corrected chi connectivity index (χ3v) is 6.78. The second kappa shape index (κ2) is 11.6. The van der Waals surface area contributed by atoms with Crippen LogP contribution in [0.5, 0.6) is 5.75 Å². The Bertz CT molecular complexity index is 1260. The van der Waals surface area contributed by atoms with E-state index in [0.29, 0.717) is 29.0 Å². The van der Waals surface area contributed by atoms with Crippen molar-refractivity contribution < 1.29 is 22.3 Å². The quantitative estimate of drug-likeness (QED) is 0.163. The van der Waals surface area contributed by atoms with Crippen molar-refractivity contribution in [3.05, 3.63) is 96.1 Å². The molecule has 1 atom stereocenters. The first-order valence-corrected chi connectivity index (χ1v) is 12.4. The summed E-state index contributed by atoms with van der Waals surface area (Å²) in [7, 11) is 0. The molecular weight excluding hydrogens is 464 g/mol. The number of allylic oxidation sites excluding steroid dienone is 2. The number of rotatable bonds is 9. The molecule has 3 aromatic rings. The van der Waals surface area contributed by atoms with Gasteiger partial charge in [0.25, 0.3) is 0 Å². The molecule has 1 unspecified atom stereocenters. The van der Waals surface area contributed by atoms with E-state index in [2.05, 4.69) is 13.5 Å². The van der Waals surface area contributed by atoms with Crippen molar-refractivity contribution >= 4 is 5.57 Å². The minimum Gasteiger partial charge on any atom is -0.490 e. The highest BCUT2D eigenvalue weighted by Gasteiger charge is 2.21. The van der Waals surface area contributed by atoms with Crippen LogP contribution in [0.1, 0.15) is 51.0 Å². The molecule has 0 aliphatic heterocycles. The first-order chi connectivity index (χ1) is 17.4. The molecule has 0 radical (unpaired) electrons. The molecule has 0 spiro atoms. The third kappa shape index (κ3) is 5.40. The van der Waals surface area contributed by atoms with Gasteiger partial charge < -0.3 is 4.74 Å². The summed E-state index contributed by atoms with van der Waals surface area (Å²) in [6, 6.07) is 12.3. The largest absolute Gasteiger partial charge is 0.490 e. The predicted octanol–water partition coefficient (Wildman–Crippen LogP) is 9.52. The van der Waals surface area contributed by atoms with Gasteiger partial charge in [-0.3, -0.25) is 0 Å². The molecule has 5 heteroatoms. The first-order valence-electron chi connectivity index (χ1n) is 12.4. The van der Waals surface area contributed by atoms with Gasteiger partial charge in [0.2, 0.25) is 5.82 Å². The fourth-order valence-corrected chi connectivity index (χ4v) is 4.77. The van der Waals surface area contributed by atoms with E-state index in [1.165, 1.54) is 12.1 Å². The molecule has 0 amide bonds. The Morgan fingerprint density at radius 2 is 1.42 bits per heavy atom. The number of benzene rings is 3. The van der Waals surface area contributed by atoms with E-state index in [4.69, 9.17) is 4.74 Å². The highest BCUT2D eigenvalue weighted by Crippen LogP contribution is 2.37. The average molecular weight is 495 g/mol. The smallest absolute Gasteiger partial charge is 0.201 e. The summed E-state index contributed by atoms with van der Waals surface area (Å²) in [5.74, 6) is -3.40. The lowest BCUT2D eigenvalue weighted by Gasteiger charge is -2.22. The zero-order valence-electron chi connectivity index (χ0n) is 20.4. The van der Waals surface area contributed by atoms with Crippen molar-refractivity contribution in [1.29, 1.82) is 0 Å². The SMILES string of the molecule is C=CCCOc1ccc(-c2ccc(-c3ccc(C4=CCC(CCC)CC4)c(F)c3F)cc2)c(F)c1F. The van der Waals surface area contributed by atoms with Crippen LogP contribution >= 0.6 is 0 Å². The first kappa shape index (κ1) is 25.7. The van der Waals surface area contributed by atoms with E-state index in [1.807, 2.05) is 6.08 Å². The van der Waals surface area contributed by atoms with Gasteiger partial charge in [-0.1, -0.05) is 68.3 Å². The van der Waals surface area contributed by atoms with E-state index in [9.17, 15) is 8.78 Å². The number of halogens is 4. The van der Waals surface area contributed by atoms with E-state index in [1.54, 1.807) is 42.5 Å². The summed E-state index contributed by atoms with van der Waals surface area (Å²) in [6.07, 6.45) is 9.09. The summed E-state index contributed by atoms with van der Waals surface area (Å²) in [5, 5.41) is 0. The molecule has 188 valence electrons. The molecule has 4 rings (SSSR count). The molecule has 3 aromatic carbocycles. The molecule has 1 nitrogen and oxygen atoms in total. The van der Waals surface area contributed by atoms with Gasteiger partial charge >= 0.3 is 0 Å². The van der Waals surface area contributed by atoms with Crippen LogP contribution in [0.4, 0.5) is 17.6 Å². The molecule has 0 saturated carbocycles. The highest BCUT2D eigenvalue weighted by atomic mass is 19.2. The topological polar surface area (TPSA) is 9.23 Å². The molecular formula is C31H30F4O. The summed E-state index contributed by atoms with van der Waals surface area (Å²) in [6.45, 7) is 5.92. The van der Waals surface area contributed by atoms with Crippen LogP contribution in [0, 0.1) is 29.2 Å². The van der Waals surface area contributed by atoms with Crippen molar-refractivity contribution in [2.24, 2.45) is 5.92 Å². The maximum absolute atomic E-state index is 15.1. The van der Waals surface area contributed by atoms with Crippen LogP contribution < -0.4 is 4.74 Å². The van der Waals surface area contributed by atoms with Crippen molar-refractivity contribution in [1.82, 2.24) is 0 Å². The minimum atomic E-state index is -1.07. The van der Waals surface area contributed by atoms with Crippen LogP contribution in [-0.2, 0) is 0 Å². The van der Waals surface area contributed by atoms with Gasteiger partial charge in [0.15, 0.2) is 23.2 Å². The third-order valence-electron chi connectivity index (χ3n) is 6.78. The van der Waals surface area contributed by atoms with Gasteiger partial charge in [0.1, 0.15) is 0 Å². The van der Waals surface area contributed by atoms with Crippen LogP contribution in [-0.4, -0.2) is 6.61 Å². The fraction of sp³-hybridized carbons (Fsp3) is 0.290. The Balaban J connectivity index is 1.56. The summed E-state index contributed by atoms with van der Waals surface area (Å²) in [4.78, 5) is 0. The highest BCUT2D eigenvalue weighted by molar-refractivity contribution is 5.74. The van der Waals surface area contributed by atoms with Crippen LogP contribution in [0.25, 0.3) is 27.8 Å².